The summed E-state index contributed by atoms with van der Waals surface area (Å²) in [6.45, 7) is 6.78. The van der Waals surface area contributed by atoms with Gasteiger partial charge in [0.1, 0.15) is 29.9 Å². The molecule has 3 aromatic carbocycles. The number of hydrogen-bond donors (Lipinski definition) is 3. The van der Waals surface area contributed by atoms with Crippen LogP contribution < -0.4 is 35.2 Å². The molecule has 1 aromatic heterocycles. The van der Waals surface area contributed by atoms with Crippen LogP contribution in [0.15, 0.2) is 72.8 Å². The summed E-state index contributed by atoms with van der Waals surface area (Å²) in [5.41, 5.74) is 11.7. The number of nitrogens with two attached hydrogens (primary N) is 1. The van der Waals surface area contributed by atoms with Crippen molar-refractivity contribution in [3.63, 3.8) is 0 Å². The molecular weight excluding hydrogens is 775 g/mol. The van der Waals surface area contributed by atoms with Crippen molar-refractivity contribution >= 4 is 40.6 Å². The second-order valence-electron chi connectivity index (χ2n) is 17.4. The number of piperidine rings is 2. The number of anilines is 4. The van der Waals surface area contributed by atoms with Gasteiger partial charge in [-0.1, -0.05) is 30.3 Å². The number of nitrogens with zero attached hydrogens (tertiary/aromatic N) is 7. The standard InChI is InChI=1S/C46H53N9O6/c47-45-40(22-37(49-50-45)36-7-1-2-10-41(36)56)52-25-32-11-12-33(26-52)55(32)31-5-3-6-34(21-31)61-28-29-23-53(24-29)43(58)27-51-17-15-30(16-18-51)35-8-4-9-38-44(35)60-20-19-54(38)39-13-14-42(57)48-46(39)59/h1-10,21-22,29-30,32-33,39,56H,11-20,23-28H2,(H2,47,50)(H,48,57,59)/t32-,33+,39-/m0/s1. The molecule has 0 unspecified atom stereocenters. The van der Waals surface area contributed by atoms with E-state index in [1.165, 1.54) is 0 Å². The number of rotatable bonds is 10. The molecule has 318 valence electrons. The van der Waals surface area contributed by atoms with Gasteiger partial charge in [0.2, 0.25) is 17.7 Å². The van der Waals surface area contributed by atoms with E-state index in [0.29, 0.717) is 93.2 Å². The van der Waals surface area contributed by atoms with E-state index in [0.717, 1.165) is 86.0 Å². The van der Waals surface area contributed by atoms with Gasteiger partial charge in [0.05, 0.1) is 36.8 Å². The van der Waals surface area contributed by atoms with Gasteiger partial charge in [-0.05, 0) is 93.1 Å². The number of likely N-dealkylation sites (tertiary alicyclic amines) is 2. The summed E-state index contributed by atoms with van der Waals surface area (Å²) in [5, 5.41) is 21.5. The number of piperazine rings is 1. The molecule has 5 saturated heterocycles. The summed E-state index contributed by atoms with van der Waals surface area (Å²) >= 11 is 0. The smallest absolute Gasteiger partial charge is 0.249 e. The fraction of sp³-hybridized carbons (Fsp3) is 0.457. The number of carbonyl (C=O) groups excluding carboxylic acids is 3. The number of hydrogen-bond acceptors (Lipinski definition) is 13. The van der Waals surface area contributed by atoms with E-state index in [2.05, 4.69) is 59.4 Å². The van der Waals surface area contributed by atoms with Crippen LogP contribution in [0.5, 0.6) is 17.2 Å². The lowest BCUT2D eigenvalue weighted by Gasteiger charge is -2.43. The largest absolute Gasteiger partial charge is 0.507 e. The number of nitrogens with one attached hydrogen (secondary N) is 1. The molecular formula is C46H53N9O6. The van der Waals surface area contributed by atoms with Crippen LogP contribution in [0.3, 0.4) is 0 Å². The van der Waals surface area contributed by atoms with E-state index in [9.17, 15) is 19.5 Å². The fourth-order valence-electron chi connectivity index (χ4n) is 10.4. The molecule has 15 heteroatoms. The van der Waals surface area contributed by atoms with Crippen molar-refractivity contribution in [3.05, 3.63) is 78.4 Å². The molecule has 0 aliphatic carbocycles. The summed E-state index contributed by atoms with van der Waals surface area (Å²) < 4.78 is 12.6. The SMILES string of the molecule is Nc1nnc(-c2ccccc2O)cc1N1C[C@H]2CC[C@@H](C1)N2c1cccc(OCC2CN(C(=O)CN3CCC(c4cccc5c4OCCN5[C@H]4CCC(=O)NC4=O)CC3)C2)c1. The number of phenolic OH excluding ortho intramolecular Hbond substituents is 1. The Hall–Kier alpha value is -6.09. The maximum absolute atomic E-state index is 13.3. The molecule has 10 rings (SSSR count). The summed E-state index contributed by atoms with van der Waals surface area (Å²) in [7, 11) is 0. The highest BCUT2D eigenvalue weighted by molar-refractivity contribution is 6.02. The van der Waals surface area contributed by atoms with E-state index in [1.54, 1.807) is 12.1 Å². The van der Waals surface area contributed by atoms with E-state index < -0.39 is 0 Å². The van der Waals surface area contributed by atoms with Crippen LogP contribution in [-0.4, -0.2) is 127 Å². The van der Waals surface area contributed by atoms with Gasteiger partial charge in [-0.3, -0.25) is 24.6 Å². The average molecular weight is 828 g/mol. The van der Waals surface area contributed by atoms with Gasteiger partial charge in [-0.2, -0.15) is 0 Å². The Morgan fingerprint density at radius 1 is 0.869 bits per heavy atom. The number of para-hydroxylation sites is 2. The van der Waals surface area contributed by atoms with Crippen LogP contribution in [0.2, 0.25) is 0 Å². The maximum Gasteiger partial charge on any atom is 0.249 e. The van der Waals surface area contributed by atoms with Crippen molar-refractivity contribution in [1.29, 1.82) is 0 Å². The fourth-order valence-corrected chi connectivity index (χ4v) is 10.4. The molecule has 2 bridgehead atoms. The first-order valence-corrected chi connectivity index (χ1v) is 21.8. The quantitative estimate of drug-likeness (QED) is 0.196. The highest BCUT2D eigenvalue weighted by Crippen LogP contribution is 2.44. The Balaban J connectivity index is 0.688. The van der Waals surface area contributed by atoms with Gasteiger partial charge in [-0.15, -0.1) is 10.2 Å². The number of carbonyl (C=O) groups is 3. The molecule has 61 heavy (non-hydrogen) atoms. The number of imide groups is 1. The number of aromatic nitrogens is 2. The monoisotopic (exact) mass is 827 g/mol. The van der Waals surface area contributed by atoms with E-state index in [1.807, 2.05) is 41.3 Å². The molecule has 15 nitrogen and oxygen atoms in total. The van der Waals surface area contributed by atoms with Gasteiger partial charge in [-0.25, -0.2) is 0 Å². The van der Waals surface area contributed by atoms with Gasteiger partial charge >= 0.3 is 0 Å². The predicted molar refractivity (Wildman–Crippen MR) is 231 cm³/mol. The third-order valence-electron chi connectivity index (χ3n) is 13.6. The zero-order valence-corrected chi connectivity index (χ0v) is 34.3. The number of phenols is 1. The first kappa shape index (κ1) is 39.1. The van der Waals surface area contributed by atoms with Gasteiger partial charge in [0.25, 0.3) is 0 Å². The Labute approximate surface area is 355 Å². The molecule has 6 aliphatic rings. The Morgan fingerprint density at radius 2 is 1.66 bits per heavy atom. The highest BCUT2D eigenvalue weighted by atomic mass is 16.5. The van der Waals surface area contributed by atoms with E-state index in [4.69, 9.17) is 15.2 Å². The lowest BCUT2D eigenvalue weighted by atomic mass is 9.87. The summed E-state index contributed by atoms with van der Waals surface area (Å²) in [6, 6.07) is 23.9. The molecule has 3 amide bonds. The number of ether oxygens (including phenoxy) is 2. The number of amides is 3. The van der Waals surface area contributed by atoms with Crippen molar-refractivity contribution < 1.29 is 29.0 Å². The minimum Gasteiger partial charge on any atom is -0.507 e. The molecule has 5 fully saturated rings. The maximum atomic E-state index is 13.3. The van der Waals surface area contributed by atoms with Crippen molar-refractivity contribution in [3.8, 4) is 28.5 Å². The average Bonchev–Trinajstić information content (AvgIpc) is 3.52. The molecule has 6 aliphatic heterocycles. The lowest BCUT2D eigenvalue weighted by Crippen LogP contribution is -2.55. The molecule has 7 heterocycles. The van der Waals surface area contributed by atoms with Crippen LogP contribution in [0, 0.1) is 5.92 Å². The van der Waals surface area contributed by atoms with Crippen LogP contribution in [0.25, 0.3) is 11.3 Å². The van der Waals surface area contributed by atoms with Gasteiger partial charge in [0, 0.05) is 67.9 Å². The zero-order chi connectivity index (χ0) is 41.6. The Morgan fingerprint density at radius 3 is 2.44 bits per heavy atom. The van der Waals surface area contributed by atoms with Gasteiger partial charge in [0.15, 0.2) is 5.82 Å². The molecule has 4 aromatic rings. The Bertz CT molecular complexity index is 2300. The highest BCUT2D eigenvalue weighted by Gasteiger charge is 2.41. The topological polar surface area (TPSA) is 170 Å². The number of benzene rings is 3. The van der Waals surface area contributed by atoms with Crippen LogP contribution in [0.4, 0.5) is 22.9 Å². The Kier molecular flexibility index (Phi) is 10.5. The van der Waals surface area contributed by atoms with Crippen LogP contribution >= 0.6 is 0 Å². The predicted octanol–water partition coefficient (Wildman–Crippen LogP) is 4.01. The van der Waals surface area contributed by atoms with Crippen molar-refractivity contribution in [1.82, 2.24) is 25.3 Å². The summed E-state index contributed by atoms with van der Waals surface area (Å²) in [6.07, 6.45) is 4.87. The number of aromatic hydroxyl groups is 1. The minimum atomic E-state index is -0.372. The van der Waals surface area contributed by atoms with Crippen molar-refractivity contribution in [2.24, 2.45) is 5.92 Å². The molecule has 0 saturated carbocycles. The lowest BCUT2D eigenvalue weighted by molar-refractivity contribution is -0.140. The molecule has 0 spiro atoms. The molecule has 0 radical (unpaired) electrons. The normalized spacial score (nSPS) is 23.3. The van der Waals surface area contributed by atoms with Crippen LogP contribution in [0.1, 0.15) is 50.0 Å². The minimum absolute atomic E-state index is 0.161. The number of nitrogen functional groups attached to an aromatic ring is 1. The van der Waals surface area contributed by atoms with E-state index >= 15 is 0 Å². The number of fused-ring (bicyclic) bond motifs is 3. The molecule has 3 atom stereocenters. The summed E-state index contributed by atoms with van der Waals surface area (Å²) in [5.74, 6) is 2.58. The second-order valence-corrected chi connectivity index (χ2v) is 17.4. The third-order valence-corrected chi connectivity index (χ3v) is 13.6. The van der Waals surface area contributed by atoms with Crippen molar-refractivity contribution in [2.75, 3.05) is 86.0 Å². The van der Waals surface area contributed by atoms with Crippen molar-refractivity contribution in [2.45, 2.75) is 62.6 Å². The first-order chi connectivity index (χ1) is 29.8. The summed E-state index contributed by atoms with van der Waals surface area (Å²) in [4.78, 5) is 49.0. The van der Waals surface area contributed by atoms with Crippen LogP contribution in [-0.2, 0) is 14.4 Å². The van der Waals surface area contributed by atoms with E-state index in [-0.39, 0.29) is 29.5 Å². The zero-order valence-electron chi connectivity index (χ0n) is 34.3. The molecule has 4 N–H and O–H groups in total. The third kappa shape index (κ3) is 7.75. The first-order valence-electron chi connectivity index (χ1n) is 21.8. The second kappa shape index (κ2) is 16.4. The van der Waals surface area contributed by atoms with Gasteiger partial charge < -0.3 is 39.9 Å².